The zero-order valence-electron chi connectivity index (χ0n) is 17.4. The lowest BCUT2D eigenvalue weighted by molar-refractivity contribution is 0.151. The van der Waals surface area contributed by atoms with E-state index in [0.717, 1.165) is 33.6 Å². The summed E-state index contributed by atoms with van der Waals surface area (Å²) in [4.78, 5) is 12.9. The van der Waals surface area contributed by atoms with Crippen LogP contribution in [0.3, 0.4) is 0 Å². The predicted octanol–water partition coefficient (Wildman–Crippen LogP) is 4.46. The summed E-state index contributed by atoms with van der Waals surface area (Å²) in [6.07, 6.45) is 6.00. The summed E-state index contributed by atoms with van der Waals surface area (Å²) in [5, 5.41) is 10.0. The van der Waals surface area contributed by atoms with Gasteiger partial charge in [-0.2, -0.15) is 5.10 Å². The smallest absolute Gasteiger partial charge is 0.255 e. The lowest BCUT2D eigenvalue weighted by Crippen LogP contribution is -2.19. The van der Waals surface area contributed by atoms with Crippen molar-refractivity contribution in [1.82, 2.24) is 29.9 Å². The first-order chi connectivity index (χ1) is 15.4. The number of nitrogens with one attached hydrogen (secondary N) is 2. The fourth-order valence-corrected chi connectivity index (χ4v) is 3.24. The van der Waals surface area contributed by atoms with E-state index in [4.69, 9.17) is 0 Å². The summed E-state index contributed by atoms with van der Waals surface area (Å²) in [5.74, 6) is 0.472. The Labute approximate surface area is 183 Å². The summed E-state index contributed by atoms with van der Waals surface area (Å²) in [6.45, 7) is 9.49. The molecule has 7 nitrogen and oxygen atoms in total. The second-order valence-electron chi connectivity index (χ2n) is 7.09. The van der Waals surface area contributed by atoms with E-state index < -0.39 is 13.0 Å². The highest BCUT2D eigenvalue weighted by molar-refractivity contribution is 5.83. The molecule has 0 aliphatic carbocycles. The molecule has 4 heterocycles. The van der Waals surface area contributed by atoms with Crippen molar-refractivity contribution in [3.8, 4) is 0 Å². The third-order valence-electron chi connectivity index (χ3n) is 4.91. The van der Waals surface area contributed by atoms with Gasteiger partial charge in [0.25, 0.3) is 6.43 Å². The van der Waals surface area contributed by atoms with Crippen LogP contribution in [0.5, 0.6) is 0 Å². The highest BCUT2D eigenvalue weighted by Gasteiger charge is 2.14. The molecule has 0 atom stereocenters. The molecule has 0 amide bonds. The molecule has 0 aliphatic rings. The number of fused-ring (bicyclic) bond motifs is 1. The lowest BCUT2D eigenvalue weighted by Gasteiger charge is -2.12. The number of hydrogen-bond donors (Lipinski definition) is 2. The summed E-state index contributed by atoms with van der Waals surface area (Å²) in [6, 6.07) is 7.42. The van der Waals surface area contributed by atoms with Gasteiger partial charge in [-0.1, -0.05) is 13.2 Å². The third-order valence-corrected chi connectivity index (χ3v) is 4.91. The lowest BCUT2D eigenvalue weighted by atomic mass is 10.00. The van der Waals surface area contributed by atoms with Gasteiger partial charge in [0.05, 0.1) is 24.0 Å². The molecule has 0 spiro atoms. The molecule has 4 aromatic rings. The predicted molar refractivity (Wildman–Crippen MR) is 121 cm³/mol. The van der Waals surface area contributed by atoms with Gasteiger partial charge in [0.1, 0.15) is 0 Å². The summed E-state index contributed by atoms with van der Waals surface area (Å²) < 4.78 is 26.7. The largest absolute Gasteiger partial charge is 0.379 e. The number of pyridine rings is 2. The maximum Gasteiger partial charge on any atom is 0.255 e. The molecule has 32 heavy (non-hydrogen) atoms. The highest BCUT2D eigenvalue weighted by atomic mass is 19.3. The molecule has 2 N–H and O–H groups in total. The Hall–Kier alpha value is -4.14. The van der Waals surface area contributed by atoms with Crippen LogP contribution in [0.4, 0.5) is 20.4 Å². The molecule has 162 valence electrons. The number of rotatable bonds is 8. The SMILES string of the molecule is C=C(c1ccn2ncc(C(=C)NCC(F)F)c2c1)c1cnc(Nc2ccncc2)nc1C. The Bertz CT molecular complexity index is 1280. The average molecular weight is 433 g/mol. The molecule has 0 aromatic carbocycles. The molecule has 0 saturated heterocycles. The van der Waals surface area contributed by atoms with Crippen LogP contribution in [-0.2, 0) is 0 Å². The maximum absolute atomic E-state index is 12.5. The van der Waals surface area contributed by atoms with Crippen LogP contribution in [0.25, 0.3) is 16.8 Å². The van der Waals surface area contributed by atoms with Crippen LogP contribution in [0.2, 0.25) is 0 Å². The number of hydrogen-bond acceptors (Lipinski definition) is 6. The molecule has 4 rings (SSSR count). The number of aromatic nitrogens is 5. The van der Waals surface area contributed by atoms with Gasteiger partial charge in [0, 0.05) is 47.3 Å². The monoisotopic (exact) mass is 433 g/mol. The van der Waals surface area contributed by atoms with Crippen LogP contribution in [-0.4, -0.2) is 37.5 Å². The average Bonchev–Trinajstić information content (AvgIpc) is 3.21. The molecule has 0 unspecified atom stereocenters. The van der Waals surface area contributed by atoms with Gasteiger partial charge in [-0.3, -0.25) is 4.98 Å². The van der Waals surface area contributed by atoms with E-state index in [1.165, 1.54) is 0 Å². The van der Waals surface area contributed by atoms with Gasteiger partial charge in [0.2, 0.25) is 5.95 Å². The minimum atomic E-state index is -2.47. The minimum Gasteiger partial charge on any atom is -0.379 e. The van der Waals surface area contributed by atoms with E-state index in [-0.39, 0.29) is 0 Å². The first kappa shape index (κ1) is 21.1. The third kappa shape index (κ3) is 4.46. The fraction of sp³-hybridized carbons (Fsp3) is 0.130. The van der Waals surface area contributed by atoms with Gasteiger partial charge >= 0.3 is 0 Å². The van der Waals surface area contributed by atoms with E-state index in [1.54, 1.807) is 35.5 Å². The van der Waals surface area contributed by atoms with Crippen molar-refractivity contribution in [2.75, 3.05) is 11.9 Å². The van der Waals surface area contributed by atoms with Crippen molar-refractivity contribution >= 4 is 28.4 Å². The second-order valence-corrected chi connectivity index (χ2v) is 7.09. The highest BCUT2D eigenvalue weighted by Crippen LogP contribution is 2.27. The van der Waals surface area contributed by atoms with Gasteiger partial charge in [-0.15, -0.1) is 0 Å². The Morgan fingerprint density at radius 3 is 2.62 bits per heavy atom. The van der Waals surface area contributed by atoms with Crippen molar-refractivity contribution in [2.24, 2.45) is 0 Å². The Kier molecular flexibility index (Phi) is 5.89. The van der Waals surface area contributed by atoms with Crippen LogP contribution in [0, 0.1) is 6.92 Å². The Morgan fingerprint density at radius 2 is 1.91 bits per heavy atom. The summed E-state index contributed by atoms with van der Waals surface area (Å²) >= 11 is 0. The number of halogens is 2. The van der Waals surface area contributed by atoms with Gasteiger partial charge in [0.15, 0.2) is 0 Å². The van der Waals surface area contributed by atoms with Crippen molar-refractivity contribution in [3.05, 3.63) is 90.8 Å². The molecule has 9 heteroatoms. The van der Waals surface area contributed by atoms with E-state index >= 15 is 0 Å². The molecular formula is C23H21F2N7. The molecule has 0 saturated carbocycles. The zero-order chi connectivity index (χ0) is 22.7. The quantitative estimate of drug-likeness (QED) is 0.427. The fourth-order valence-electron chi connectivity index (χ4n) is 3.24. The molecule has 0 radical (unpaired) electrons. The minimum absolute atomic E-state index is 0.383. The topological polar surface area (TPSA) is 80.0 Å². The van der Waals surface area contributed by atoms with E-state index in [2.05, 4.69) is 43.8 Å². The first-order valence-corrected chi connectivity index (χ1v) is 9.81. The number of aryl methyl sites for hydroxylation is 1. The molecule has 0 bridgehead atoms. The van der Waals surface area contributed by atoms with Gasteiger partial charge in [-0.25, -0.2) is 23.3 Å². The Morgan fingerprint density at radius 1 is 1.12 bits per heavy atom. The number of nitrogens with zero attached hydrogens (tertiary/aromatic N) is 5. The van der Waals surface area contributed by atoms with E-state index in [0.29, 0.717) is 17.2 Å². The Balaban J connectivity index is 1.59. The van der Waals surface area contributed by atoms with Crippen LogP contribution >= 0.6 is 0 Å². The molecule has 4 aromatic heterocycles. The van der Waals surface area contributed by atoms with Crippen LogP contribution < -0.4 is 10.6 Å². The molecule has 0 aliphatic heterocycles. The molecular weight excluding hydrogens is 412 g/mol. The zero-order valence-corrected chi connectivity index (χ0v) is 17.4. The van der Waals surface area contributed by atoms with Crippen molar-refractivity contribution in [2.45, 2.75) is 13.3 Å². The first-order valence-electron chi connectivity index (χ1n) is 9.81. The van der Waals surface area contributed by atoms with Crippen molar-refractivity contribution in [3.63, 3.8) is 0 Å². The van der Waals surface area contributed by atoms with Gasteiger partial charge < -0.3 is 10.6 Å². The van der Waals surface area contributed by atoms with E-state index in [9.17, 15) is 8.78 Å². The maximum atomic E-state index is 12.5. The standard InChI is InChI=1S/C23H21F2N7/c1-14(19-11-28-23(30-16(19)3)31-18-4-7-26-8-5-18)17-6-9-32-21(10-17)20(12-29-32)15(2)27-13-22(24)25/h4-12,22,27H,1-2,13H2,3H3,(H,26,28,30,31). The molecule has 0 fully saturated rings. The van der Waals surface area contributed by atoms with Crippen LogP contribution in [0.15, 0.2) is 68.4 Å². The summed E-state index contributed by atoms with van der Waals surface area (Å²) in [7, 11) is 0. The number of alkyl halides is 2. The van der Waals surface area contributed by atoms with E-state index in [1.807, 2.05) is 31.2 Å². The van der Waals surface area contributed by atoms with Crippen LogP contribution in [0.1, 0.15) is 22.4 Å². The normalized spacial score (nSPS) is 11.0. The second kappa shape index (κ2) is 8.93. The summed E-state index contributed by atoms with van der Waals surface area (Å²) in [5.41, 5.74) is 5.72. The number of anilines is 2. The van der Waals surface area contributed by atoms with Crippen molar-refractivity contribution in [1.29, 1.82) is 0 Å². The van der Waals surface area contributed by atoms with Gasteiger partial charge in [-0.05, 0) is 42.3 Å². The van der Waals surface area contributed by atoms with Crippen molar-refractivity contribution < 1.29 is 8.78 Å².